The van der Waals surface area contributed by atoms with Crippen LogP contribution in [0.1, 0.15) is 23.6 Å². The summed E-state index contributed by atoms with van der Waals surface area (Å²) >= 11 is 6.19. The fraction of sp³-hybridized carbons (Fsp3) is 0.194. The van der Waals surface area contributed by atoms with Gasteiger partial charge >= 0.3 is 5.97 Å². The van der Waals surface area contributed by atoms with Crippen molar-refractivity contribution in [3.05, 3.63) is 123 Å². The van der Waals surface area contributed by atoms with Gasteiger partial charge in [0.15, 0.2) is 6.61 Å². The van der Waals surface area contributed by atoms with Gasteiger partial charge in [0, 0.05) is 36.5 Å². The van der Waals surface area contributed by atoms with Crippen molar-refractivity contribution in [3.63, 3.8) is 0 Å². The molecule has 0 aliphatic rings. The predicted molar refractivity (Wildman–Crippen MR) is 154 cm³/mol. The van der Waals surface area contributed by atoms with E-state index in [2.05, 4.69) is 0 Å². The maximum absolute atomic E-state index is 14.6. The van der Waals surface area contributed by atoms with Crippen molar-refractivity contribution < 1.29 is 28.3 Å². The Kier molecular flexibility index (Phi) is 9.76. The number of nitro groups is 1. The van der Waals surface area contributed by atoms with Gasteiger partial charge in [-0.25, -0.2) is 9.18 Å². The second-order valence-corrected chi connectivity index (χ2v) is 9.46. The fourth-order valence-corrected chi connectivity index (χ4v) is 4.40. The number of halogens is 2. The molecule has 0 N–H and O–H groups in total. The Morgan fingerprint density at radius 1 is 0.976 bits per heavy atom. The molecule has 4 aromatic rings. The van der Waals surface area contributed by atoms with Crippen LogP contribution in [0.3, 0.4) is 0 Å². The van der Waals surface area contributed by atoms with Crippen molar-refractivity contribution in [2.75, 3.05) is 18.1 Å². The molecule has 0 radical (unpaired) electrons. The zero-order chi connectivity index (χ0) is 29.4. The van der Waals surface area contributed by atoms with Gasteiger partial charge < -0.3 is 19.1 Å². The van der Waals surface area contributed by atoms with Gasteiger partial charge in [-0.3, -0.25) is 10.1 Å². The molecule has 212 valence electrons. The molecule has 0 fully saturated rings. The number of ether oxygens (including phenoxy) is 3. The molecule has 4 rings (SSSR count). The maximum Gasteiger partial charge on any atom is 0.344 e. The zero-order valence-electron chi connectivity index (χ0n) is 22.5. The van der Waals surface area contributed by atoms with Crippen LogP contribution in [0.2, 0.25) is 5.02 Å². The van der Waals surface area contributed by atoms with Crippen molar-refractivity contribution in [1.82, 2.24) is 0 Å². The van der Waals surface area contributed by atoms with Crippen LogP contribution in [-0.2, 0) is 22.6 Å². The molecule has 0 saturated heterocycles. The second kappa shape index (κ2) is 13.6. The molecule has 0 unspecified atom stereocenters. The minimum atomic E-state index is -0.505. The van der Waals surface area contributed by atoms with Gasteiger partial charge in [-0.05, 0) is 55.8 Å². The van der Waals surface area contributed by atoms with E-state index in [4.69, 9.17) is 25.8 Å². The van der Waals surface area contributed by atoms with Crippen molar-refractivity contribution in [3.8, 4) is 17.2 Å². The molecule has 0 spiro atoms. The van der Waals surface area contributed by atoms with Crippen LogP contribution < -0.4 is 14.4 Å². The lowest BCUT2D eigenvalue weighted by molar-refractivity contribution is -0.385. The Bertz CT molecular complexity index is 1530. The summed E-state index contributed by atoms with van der Waals surface area (Å²) in [5.41, 5.74) is 2.49. The second-order valence-electron chi connectivity index (χ2n) is 9.06. The van der Waals surface area contributed by atoms with E-state index in [1.807, 2.05) is 17.0 Å². The molecular formula is C31H28ClFN2O6. The summed E-state index contributed by atoms with van der Waals surface area (Å²) < 4.78 is 30.8. The summed E-state index contributed by atoms with van der Waals surface area (Å²) in [5.74, 6) is 0.423. The number of anilines is 1. The van der Waals surface area contributed by atoms with Crippen LogP contribution in [0.4, 0.5) is 15.8 Å². The topological polar surface area (TPSA) is 91.1 Å². The number of nitro benzene ring substituents is 1. The van der Waals surface area contributed by atoms with E-state index in [0.717, 1.165) is 5.56 Å². The Morgan fingerprint density at radius 2 is 1.71 bits per heavy atom. The molecule has 0 aliphatic heterocycles. The van der Waals surface area contributed by atoms with Crippen molar-refractivity contribution >= 4 is 28.9 Å². The lowest BCUT2D eigenvalue weighted by Gasteiger charge is -2.27. The van der Waals surface area contributed by atoms with E-state index < -0.39 is 10.9 Å². The third-order valence-corrected chi connectivity index (χ3v) is 6.53. The van der Waals surface area contributed by atoms with Crippen LogP contribution in [0.15, 0.2) is 84.9 Å². The Hall–Kier alpha value is -4.63. The highest BCUT2D eigenvalue weighted by atomic mass is 35.5. The lowest BCUT2D eigenvalue weighted by Crippen LogP contribution is -2.23. The maximum atomic E-state index is 14.6. The predicted octanol–water partition coefficient (Wildman–Crippen LogP) is 7.64. The zero-order valence-corrected chi connectivity index (χ0v) is 23.3. The Morgan fingerprint density at radius 3 is 2.41 bits per heavy atom. The number of carbonyl (C=O) groups is 1. The standard InChI is InChI=1S/C31H28ClFN2O6/c1-3-39-31(36)20-40-30-17-25(15-16-26(30)32)41-24-13-11-22(12-14-24)18-34(19-23-7-4-5-8-27(23)33)28-9-6-10-29(21(28)2)35(37)38/h4-17H,3,18-20H2,1-2H3. The van der Waals surface area contributed by atoms with Gasteiger partial charge in [0.2, 0.25) is 0 Å². The molecule has 0 aromatic heterocycles. The smallest absolute Gasteiger partial charge is 0.344 e. The van der Waals surface area contributed by atoms with Crippen LogP contribution in [0.5, 0.6) is 17.2 Å². The number of rotatable bonds is 12. The van der Waals surface area contributed by atoms with Crippen molar-refractivity contribution in [2.45, 2.75) is 26.9 Å². The molecule has 0 aliphatic carbocycles. The molecule has 0 amide bonds. The van der Waals surface area contributed by atoms with E-state index >= 15 is 0 Å². The first-order valence-electron chi connectivity index (χ1n) is 12.8. The molecule has 8 nitrogen and oxygen atoms in total. The third-order valence-electron chi connectivity index (χ3n) is 6.22. The number of carbonyl (C=O) groups excluding carboxylic acids is 1. The summed E-state index contributed by atoms with van der Waals surface area (Å²) in [6, 6.07) is 23.5. The third kappa shape index (κ3) is 7.73. The summed E-state index contributed by atoms with van der Waals surface area (Å²) in [7, 11) is 0. The SMILES string of the molecule is CCOC(=O)COc1cc(Oc2ccc(CN(Cc3ccccc3F)c3cccc([N+](=O)[O-])c3C)cc2)ccc1Cl. The molecule has 0 saturated carbocycles. The summed E-state index contributed by atoms with van der Waals surface area (Å²) in [4.78, 5) is 24.7. The number of hydrogen-bond acceptors (Lipinski definition) is 7. The minimum absolute atomic E-state index is 0.00153. The van der Waals surface area contributed by atoms with E-state index in [1.165, 1.54) is 12.1 Å². The van der Waals surface area contributed by atoms with Crippen LogP contribution in [0, 0.1) is 22.9 Å². The first-order valence-corrected chi connectivity index (χ1v) is 13.2. The monoisotopic (exact) mass is 578 g/mol. The lowest BCUT2D eigenvalue weighted by atomic mass is 10.1. The van der Waals surface area contributed by atoms with Crippen LogP contribution in [-0.4, -0.2) is 24.1 Å². The summed E-state index contributed by atoms with van der Waals surface area (Å²) in [6.07, 6.45) is 0. The molecule has 41 heavy (non-hydrogen) atoms. The van der Waals surface area contributed by atoms with Crippen LogP contribution >= 0.6 is 11.6 Å². The van der Waals surface area contributed by atoms with Gasteiger partial charge in [0.05, 0.1) is 22.1 Å². The molecule has 0 atom stereocenters. The first-order chi connectivity index (χ1) is 19.7. The first kappa shape index (κ1) is 29.4. The average molecular weight is 579 g/mol. The molecule has 0 heterocycles. The van der Waals surface area contributed by atoms with Gasteiger partial charge in [-0.2, -0.15) is 0 Å². The van der Waals surface area contributed by atoms with Gasteiger partial charge in [-0.15, -0.1) is 0 Å². The molecule has 0 bridgehead atoms. The Labute approximate surface area is 242 Å². The number of hydrogen-bond donors (Lipinski definition) is 0. The summed E-state index contributed by atoms with van der Waals surface area (Å²) in [5, 5.41) is 11.9. The highest BCUT2D eigenvalue weighted by Crippen LogP contribution is 2.33. The van der Waals surface area contributed by atoms with Crippen molar-refractivity contribution in [2.24, 2.45) is 0 Å². The van der Waals surface area contributed by atoms with Gasteiger partial charge in [0.25, 0.3) is 5.69 Å². The van der Waals surface area contributed by atoms with Gasteiger partial charge in [0.1, 0.15) is 23.1 Å². The minimum Gasteiger partial charge on any atom is -0.480 e. The molecule has 4 aromatic carbocycles. The van der Waals surface area contributed by atoms with Gasteiger partial charge in [-0.1, -0.05) is 48.0 Å². The van der Waals surface area contributed by atoms with Crippen molar-refractivity contribution in [1.29, 1.82) is 0 Å². The van der Waals surface area contributed by atoms with E-state index in [-0.39, 0.29) is 37.0 Å². The van der Waals surface area contributed by atoms with E-state index in [9.17, 15) is 19.3 Å². The highest BCUT2D eigenvalue weighted by Gasteiger charge is 2.19. The quantitative estimate of drug-likeness (QED) is 0.0969. The molecular weight excluding hydrogens is 551 g/mol. The fourth-order valence-electron chi connectivity index (χ4n) is 4.23. The normalized spacial score (nSPS) is 10.6. The summed E-state index contributed by atoms with van der Waals surface area (Å²) in [6.45, 7) is 3.95. The highest BCUT2D eigenvalue weighted by molar-refractivity contribution is 6.32. The van der Waals surface area contributed by atoms with E-state index in [0.29, 0.717) is 39.9 Å². The van der Waals surface area contributed by atoms with Crippen LogP contribution in [0.25, 0.3) is 0 Å². The number of nitrogens with zero attached hydrogens (tertiary/aromatic N) is 2. The average Bonchev–Trinajstić information content (AvgIpc) is 2.95. The molecule has 10 heteroatoms. The largest absolute Gasteiger partial charge is 0.480 e. The number of esters is 1. The van der Waals surface area contributed by atoms with E-state index in [1.54, 1.807) is 74.5 Å². The Balaban J connectivity index is 1.53. The number of benzene rings is 4.